The second-order valence-electron chi connectivity index (χ2n) is 6.03. The number of carbonyl (C=O) groups is 1. The van der Waals surface area contributed by atoms with E-state index in [1.807, 2.05) is 6.92 Å². The Balaban J connectivity index is 1.92. The molecule has 0 radical (unpaired) electrons. The fourth-order valence-electron chi connectivity index (χ4n) is 2.98. The van der Waals surface area contributed by atoms with E-state index in [0.29, 0.717) is 35.8 Å². The largest absolute Gasteiger partial charge is 0.379 e. The lowest BCUT2D eigenvalue weighted by molar-refractivity contribution is 0.102. The number of nitrogens with two attached hydrogens (primary N) is 1. The normalized spacial score (nSPS) is 19.5. The first-order chi connectivity index (χ1) is 12.8. The molecule has 1 aliphatic heterocycles. The van der Waals surface area contributed by atoms with Crippen LogP contribution in [-0.2, 0) is 4.75 Å². The van der Waals surface area contributed by atoms with Crippen LogP contribution in [0.3, 0.4) is 0 Å². The van der Waals surface area contributed by atoms with Gasteiger partial charge in [-0.2, -0.15) is 0 Å². The molecule has 0 aliphatic carbocycles. The van der Waals surface area contributed by atoms with Crippen LogP contribution < -0.4 is 11.1 Å². The van der Waals surface area contributed by atoms with Gasteiger partial charge < -0.3 is 11.1 Å². The average molecular weight is 427 g/mol. The Morgan fingerprint density at radius 2 is 2.15 bits per heavy atom. The maximum Gasteiger partial charge on any atom is 0.275 e. The van der Waals surface area contributed by atoms with Gasteiger partial charge in [0.05, 0.1) is 9.77 Å². The number of amidine groups is 1. The zero-order valence-electron chi connectivity index (χ0n) is 14.4. The van der Waals surface area contributed by atoms with Gasteiger partial charge in [0.2, 0.25) is 0 Å². The van der Waals surface area contributed by atoms with Gasteiger partial charge in [-0.3, -0.25) is 9.79 Å². The number of halogens is 3. The van der Waals surface area contributed by atoms with Gasteiger partial charge in [0.15, 0.2) is 5.17 Å². The lowest BCUT2D eigenvalue weighted by Gasteiger charge is -2.35. The van der Waals surface area contributed by atoms with E-state index in [2.05, 4.69) is 15.3 Å². The van der Waals surface area contributed by atoms with E-state index in [1.54, 1.807) is 6.07 Å². The van der Waals surface area contributed by atoms with E-state index in [9.17, 15) is 9.18 Å². The van der Waals surface area contributed by atoms with Crippen molar-refractivity contribution >= 4 is 51.7 Å². The fraction of sp³-hybridized carbons (Fsp3) is 0.278. The summed E-state index contributed by atoms with van der Waals surface area (Å²) in [5.74, 6) is -0.876. The maximum atomic E-state index is 14.6. The first-order valence-electron chi connectivity index (χ1n) is 8.27. The summed E-state index contributed by atoms with van der Waals surface area (Å²) < 4.78 is 14.1. The number of thioether (sulfide) groups is 1. The minimum absolute atomic E-state index is 0.00339. The van der Waals surface area contributed by atoms with Gasteiger partial charge in [0, 0.05) is 17.8 Å². The van der Waals surface area contributed by atoms with Crippen LogP contribution in [0.25, 0.3) is 0 Å². The zero-order chi connectivity index (χ0) is 19.6. The van der Waals surface area contributed by atoms with Crippen molar-refractivity contribution in [1.82, 2.24) is 4.98 Å². The van der Waals surface area contributed by atoms with Crippen molar-refractivity contribution in [2.75, 3.05) is 11.9 Å². The summed E-state index contributed by atoms with van der Waals surface area (Å²) in [6, 6.07) is 7.44. The SMILES string of the molecule is CC[C@@]1(c2cc(NC(=O)c3nc(Cl)ccc3Cl)ccc2F)CCN=C(N)S1. The second-order valence-corrected chi connectivity index (χ2v) is 8.23. The highest BCUT2D eigenvalue weighted by atomic mass is 35.5. The number of benzene rings is 1. The van der Waals surface area contributed by atoms with Crippen LogP contribution in [0.2, 0.25) is 10.2 Å². The predicted molar refractivity (Wildman–Crippen MR) is 109 cm³/mol. The molecule has 0 unspecified atom stereocenters. The monoisotopic (exact) mass is 426 g/mol. The lowest BCUT2D eigenvalue weighted by atomic mass is 9.91. The van der Waals surface area contributed by atoms with E-state index < -0.39 is 10.7 Å². The molecule has 5 nitrogen and oxygen atoms in total. The molecule has 1 aromatic carbocycles. The number of aliphatic imine (C=N–C) groups is 1. The highest BCUT2D eigenvalue weighted by Crippen LogP contribution is 2.46. The van der Waals surface area contributed by atoms with Crippen molar-refractivity contribution in [2.45, 2.75) is 24.5 Å². The van der Waals surface area contributed by atoms with Gasteiger partial charge in [0.25, 0.3) is 5.91 Å². The van der Waals surface area contributed by atoms with Crippen molar-refractivity contribution < 1.29 is 9.18 Å². The fourth-order valence-corrected chi connectivity index (χ4v) is 4.48. The van der Waals surface area contributed by atoms with E-state index in [0.717, 1.165) is 0 Å². The number of amides is 1. The Labute approximate surface area is 170 Å². The summed E-state index contributed by atoms with van der Waals surface area (Å²) in [7, 11) is 0. The molecule has 142 valence electrons. The molecule has 2 heterocycles. The predicted octanol–water partition coefficient (Wildman–Crippen LogP) is 4.84. The number of aromatic nitrogens is 1. The second kappa shape index (κ2) is 8.04. The molecule has 1 atom stereocenters. The number of pyridine rings is 1. The number of carbonyl (C=O) groups excluding carboxylic acids is 1. The van der Waals surface area contributed by atoms with Crippen LogP contribution >= 0.6 is 35.0 Å². The summed E-state index contributed by atoms with van der Waals surface area (Å²) >= 11 is 13.2. The lowest BCUT2D eigenvalue weighted by Crippen LogP contribution is -2.31. The highest BCUT2D eigenvalue weighted by Gasteiger charge is 2.37. The van der Waals surface area contributed by atoms with Crippen molar-refractivity contribution in [2.24, 2.45) is 10.7 Å². The van der Waals surface area contributed by atoms with E-state index in [4.69, 9.17) is 28.9 Å². The number of nitrogens with one attached hydrogen (secondary N) is 1. The third-order valence-corrected chi connectivity index (χ3v) is 6.35. The molecule has 0 saturated carbocycles. The maximum absolute atomic E-state index is 14.6. The molecule has 27 heavy (non-hydrogen) atoms. The summed E-state index contributed by atoms with van der Waals surface area (Å²) in [6.07, 6.45) is 1.33. The minimum Gasteiger partial charge on any atom is -0.379 e. The number of hydrogen-bond acceptors (Lipinski definition) is 5. The molecular weight excluding hydrogens is 410 g/mol. The van der Waals surface area contributed by atoms with Crippen LogP contribution in [0.5, 0.6) is 0 Å². The Bertz CT molecular complexity index is 924. The topological polar surface area (TPSA) is 80.4 Å². The molecule has 2 aromatic rings. The van der Waals surface area contributed by atoms with Crippen molar-refractivity contribution in [3.8, 4) is 0 Å². The third-order valence-electron chi connectivity index (χ3n) is 4.40. The first kappa shape index (κ1) is 19.9. The van der Waals surface area contributed by atoms with E-state index in [1.165, 1.54) is 36.0 Å². The molecule has 0 spiro atoms. The molecule has 0 fully saturated rings. The Hall–Kier alpha value is -1.83. The van der Waals surface area contributed by atoms with Crippen LogP contribution in [0.1, 0.15) is 35.8 Å². The van der Waals surface area contributed by atoms with Crippen molar-refractivity contribution in [3.63, 3.8) is 0 Å². The zero-order valence-corrected chi connectivity index (χ0v) is 16.8. The molecular formula is C18H17Cl2FN4OS. The molecule has 9 heteroatoms. The van der Waals surface area contributed by atoms with Gasteiger partial charge in [-0.15, -0.1) is 0 Å². The highest BCUT2D eigenvalue weighted by molar-refractivity contribution is 8.14. The number of nitrogens with zero attached hydrogens (tertiary/aromatic N) is 2. The van der Waals surface area contributed by atoms with Gasteiger partial charge in [-0.05, 0) is 43.2 Å². The number of anilines is 1. The van der Waals surface area contributed by atoms with Gasteiger partial charge in [-0.1, -0.05) is 41.9 Å². The Kier molecular flexibility index (Phi) is 5.93. The summed E-state index contributed by atoms with van der Waals surface area (Å²) in [6.45, 7) is 2.51. The summed E-state index contributed by atoms with van der Waals surface area (Å²) in [5.41, 5.74) is 6.80. The summed E-state index contributed by atoms with van der Waals surface area (Å²) in [4.78, 5) is 20.6. The molecule has 3 rings (SSSR count). The molecule has 3 N–H and O–H groups in total. The number of rotatable bonds is 4. The minimum atomic E-state index is -0.525. The van der Waals surface area contributed by atoms with Gasteiger partial charge >= 0.3 is 0 Å². The molecule has 1 amide bonds. The Morgan fingerprint density at radius 3 is 2.85 bits per heavy atom. The van der Waals surface area contributed by atoms with E-state index in [-0.39, 0.29) is 21.7 Å². The van der Waals surface area contributed by atoms with Gasteiger partial charge in [0.1, 0.15) is 16.7 Å². The third kappa shape index (κ3) is 4.20. The standard InChI is InChI=1S/C18H17Cl2FN4OS/c1-2-18(7-8-23-17(22)27-18)11-9-10(3-5-13(11)21)24-16(26)15-12(19)4-6-14(20)25-15/h3-6,9H,2,7-8H2,1H3,(H2,22,23)(H,24,26)/t18-/m0/s1. The van der Waals surface area contributed by atoms with Crippen LogP contribution in [0.4, 0.5) is 10.1 Å². The molecule has 0 saturated heterocycles. The van der Waals surface area contributed by atoms with Crippen LogP contribution in [-0.4, -0.2) is 22.6 Å². The smallest absolute Gasteiger partial charge is 0.275 e. The molecule has 1 aliphatic rings. The Morgan fingerprint density at radius 1 is 1.37 bits per heavy atom. The average Bonchev–Trinajstić information content (AvgIpc) is 2.65. The molecule has 0 bridgehead atoms. The summed E-state index contributed by atoms with van der Waals surface area (Å²) in [5, 5.41) is 3.47. The number of hydrogen-bond donors (Lipinski definition) is 2. The van der Waals surface area contributed by atoms with Gasteiger partial charge in [-0.25, -0.2) is 9.37 Å². The quantitative estimate of drug-likeness (QED) is 0.685. The van der Waals surface area contributed by atoms with Crippen molar-refractivity contribution in [1.29, 1.82) is 0 Å². The van der Waals surface area contributed by atoms with Crippen LogP contribution in [0.15, 0.2) is 35.3 Å². The van der Waals surface area contributed by atoms with Crippen molar-refractivity contribution in [3.05, 3.63) is 57.6 Å². The van der Waals surface area contributed by atoms with E-state index >= 15 is 0 Å². The molecule has 1 aromatic heterocycles. The van der Waals surface area contributed by atoms with Crippen LogP contribution in [0, 0.1) is 5.82 Å². The first-order valence-corrected chi connectivity index (χ1v) is 9.84.